The highest BCUT2D eigenvalue weighted by Crippen LogP contribution is 2.22. The molecule has 0 aliphatic carbocycles. The van der Waals surface area contributed by atoms with Crippen LogP contribution in [0.1, 0.15) is 5.56 Å². The zero-order chi connectivity index (χ0) is 12.1. The number of nitrogens with one attached hydrogen (secondary N) is 1. The van der Waals surface area contributed by atoms with E-state index in [2.05, 4.69) is 11.9 Å². The molecule has 82 valence electrons. The molecule has 0 saturated heterocycles. The first-order valence-electron chi connectivity index (χ1n) is 4.39. The molecule has 0 aliphatic rings. The lowest BCUT2D eigenvalue weighted by Crippen LogP contribution is -2.11. The second kappa shape index (κ2) is 5.19. The molecule has 0 spiro atoms. The van der Waals surface area contributed by atoms with Crippen molar-refractivity contribution in [3.05, 3.63) is 40.9 Å². The van der Waals surface area contributed by atoms with Crippen LogP contribution in [0, 0.1) is 11.3 Å². The molecule has 0 heterocycles. The van der Waals surface area contributed by atoms with Gasteiger partial charge < -0.3 is 10.4 Å². The van der Waals surface area contributed by atoms with Gasteiger partial charge in [0.15, 0.2) is 0 Å². The summed E-state index contributed by atoms with van der Waals surface area (Å²) in [5, 5.41) is 20.4. The number of hydrogen-bond donors (Lipinski definition) is 2. The molecule has 5 heteroatoms. The summed E-state index contributed by atoms with van der Waals surface area (Å²) in [6.07, 6.45) is 0. The van der Waals surface area contributed by atoms with Crippen molar-refractivity contribution in [1.82, 2.24) is 0 Å². The van der Waals surface area contributed by atoms with Crippen molar-refractivity contribution in [2.45, 2.75) is 0 Å². The predicted molar refractivity (Wildman–Crippen MR) is 61.4 cm³/mol. The maximum atomic E-state index is 10.5. The van der Waals surface area contributed by atoms with Crippen LogP contribution in [0.4, 0.5) is 5.69 Å². The van der Waals surface area contributed by atoms with Gasteiger partial charge in [-0.1, -0.05) is 18.2 Å². The van der Waals surface area contributed by atoms with E-state index in [-0.39, 0.29) is 12.1 Å². The first kappa shape index (κ1) is 12.1. The molecule has 0 amide bonds. The van der Waals surface area contributed by atoms with Crippen molar-refractivity contribution in [2.24, 2.45) is 0 Å². The van der Waals surface area contributed by atoms with Crippen LogP contribution in [-0.4, -0.2) is 17.6 Å². The number of carboxylic acids is 1. The Morgan fingerprint density at radius 2 is 2.31 bits per heavy atom. The monoisotopic (exact) mass is 236 g/mol. The SMILES string of the molecule is C=C(CNc1ccc(C#N)cc1Cl)C(=O)O. The molecule has 0 radical (unpaired) electrons. The highest BCUT2D eigenvalue weighted by Gasteiger charge is 2.05. The van der Waals surface area contributed by atoms with Crippen LogP contribution in [0.15, 0.2) is 30.4 Å². The number of anilines is 1. The van der Waals surface area contributed by atoms with E-state index in [0.29, 0.717) is 16.3 Å². The number of aliphatic carboxylic acids is 1. The molecule has 16 heavy (non-hydrogen) atoms. The van der Waals surface area contributed by atoms with Crippen LogP contribution in [0.3, 0.4) is 0 Å². The Labute approximate surface area is 97.8 Å². The number of nitriles is 1. The summed E-state index contributed by atoms with van der Waals surface area (Å²) < 4.78 is 0. The minimum absolute atomic E-state index is 0.0421. The van der Waals surface area contributed by atoms with Crippen molar-refractivity contribution in [2.75, 3.05) is 11.9 Å². The molecule has 1 aromatic rings. The third-order valence-electron chi connectivity index (χ3n) is 1.89. The van der Waals surface area contributed by atoms with Crippen molar-refractivity contribution in [3.63, 3.8) is 0 Å². The average Bonchev–Trinajstić information content (AvgIpc) is 2.26. The second-order valence-electron chi connectivity index (χ2n) is 3.07. The van der Waals surface area contributed by atoms with Gasteiger partial charge in [0.05, 0.1) is 22.3 Å². The molecule has 2 N–H and O–H groups in total. The van der Waals surface area contributed by atoms with Gasteiger partial charge >= 0.3 is 5.97 Å². The number of carbonyl (C=O) groups is 1. The molecular formula is C11H9ClN2O2. The van der Waals surface area contributed by atoms with E-state index in [1.54, 1.807) is 12.1 Å². The summed E-state index contributed by atoms with van der Waals surface area (Å²) >= 11 is 5.88. The molecule has 0 aromatic heterocycles. The summed E-state index contributed by atoms with van der Waals surface area (Å²) in [7, 11) is 0. The fourth-order valence-electron chi connectivity index (χ4n) is 1.01. The van der Waals surface area contributed by atoms with Gasteiger partial charge in [0.1, 0.15) is 0 Å². The number of halogens is 1. The van der Waals surface area contributed by atoms with E-state index in [1.165, 1.54) is 6.07 Å². The van der Waals surface area contributed by atoms with Gasteiger partial charge in [-0.3, -0.25) is 0 Å². The van der Waals surface area contributed by atoms with Crippen molar-refractivity contribution < 1.29 is 9.90 Å². The standard InChI is InChI=1S/C11H9ClN2O2/c1-7(11(15)16)6-14-10-3-2-8(5-13)4-9(10)12/h2-4,14H,1,6H2,(H,15,16). The summed E-state index contributed by atoms with van der Waals surface area (Å²) in [6, 6.07) is 6.68. The molecule has 0 unspecified atom stereocenters. The third kappa shape index (κ3) is 3.01. The fourth-order valence-corrected chi connectivity index (χ4v) is 1.25. The molecule has 0 atom stereocenters. The topological polar surface area (TPSA) is 73.1 Å². The van der Waals surface area contributed by atoms with Crippen molar-refractivity contribution in [3.8, 4) is 6.07 Å². The van der Waals surface area contributed by atoms with Crippen molar-refractivity contribution in [1.29, 1.82) is 5.26 Å². The zero-order valence-electron chi connectivity index (χ0n) is 8.33. The maximum absolute atomic E-state index is 10.5. The van der Waals surface area contributed by atoms with Crippen LogP contribution >= 0.6 is 11.6 Å². The minimum atomic E-state index is -1.06. The molecule has 0 aliphatic heterocycles. The normalized spacial score (nSPS) is 9.25. The molecular weight excluding hydrogens is 228 g/mol. The minimum Gasteiger partial charge on any atom is -0.478 e. The van der Waals surface area contributed by atoms with Gasteiger partial charge in [-0.15, -0.1) is 0 Å². The van der Waals surface area contributed by atoms with Gasteiger partial charge in [-0.2, -0.15) is 5.26 Å². The Kier molecular flexibility index (Phi) is 3.92. The molecule has 1 aromatic carbocycles. The van der Waals surface area contributed by atoms with Crippen molar-refractivity contribution >= 4 is 23.3 Å². The first-order valence-corrected chi connectivity index (χ1v) is 4.77. The van der Waals surface area contributed by atoms with E-state index in [1.807, 2.05) is 6.07 Å². The Bertz CT molecular complexity index is 477. The maximum Gasteiger partial charge on any atom is 0.332 e. The van der Waals surface area contributed by atoms with Gasteiger partial charge in [-0.05, 0) is 18.2 Å². The van der Waals surface area contributed by atoms with Crippen LogP contribution in [0.2, 0.25) is 5.02 Å². The number of hydrogen-bond acceptors (Lipinski definition) is 3. The lowest BCUT2D eigenvalue weighted by molar-refractivity contribution is -0.132. The molecule has 1 rings (SSSR count). The highest BCUT2D eigenvalue weighted by atomic mass is 35.5. The van der Waals surface area contributed by atoms with E-state index >= 15 is 0 Å². The third-order valence-corrected chi connectivity index (χ3v) is 2.21. The van der Waals surface area contributed by atoms with Gasteiger partial charge in [0.2, 0.25) is 0 Å². The van der Waals surface area contributed by atoms with Crippen LogP contribution in [-0.2, 0) is 4.79 Å². The lowest BCUT2D eigenvalue weighted by Gasteiger charge is -2.08. The van der Waals surface area contributed by atoms with Crippen LogP contribution in [0.25, 0.3) is 0 Å². The largest absolute Gasteiger partial charge is 0.478 e. The summed E-state index contributed by atoms with van der Waals surface area (Å²) in [5.41, 5.74) is 1.07. The lowest BCUT2D eigenvalue weighted by atomic mass is 10.2. The number of nitrogens with zero attached hydrogens (tertiary/aromatic N) is 1. The molecule has 0 saturated carbocycles. The Morgan fingerprint density at radius 1 is 1.62 bits per heavy atom. The summed E-state index contributed by atoms with van der Waals surface area (Å²) in [5.74, 6) is -1.06. The number of rotatable bonds is 4. The number of benzene rings is 1. The predicted octanol–water partition coefficient (Wildman–Crippen LogP) is 2.26. The van der Waals surface area contributed by atoms with E-state index in [4.69, 9.17) is 22.0 Å². The smallest absolute Gasteiger partial charge is 0.332 e. The summed E-state index contributed by atoms with van der Waals surface area (Å²) in [6.45, 7) is 3.47. The van der Waals surface area contributed by atoms with E-state index in [9.17, 15) is 4.79 Å². The quantitative estimate of drug-likeness (QED) is 0.787. The Morgan fingerprint density at radius 3 is 2.81 bits per heavy atom. The van der Waals surface area contributed by atoms with E-state index < -0.39 is 5.97 Å². The molecule has 0 fully saturated rings. The molecule has 0 bridgehead atoms. The van der Waals surface area contributed by atoms with Gasteiger partial charge in [0.25, 0.3) is 0 Å². The Hall–Kier alpha value is -1.99. The average molecular weight is 237 g/mol. The fraction of sp³-hybridized carbons (Fsp3) is 0.0909. The first-order chi connectivity index (χ1) is 7.54. The van der Waals surface area contributed by atoms with E-state index in [0.717, 1.165) is 0 Å². The second-order valence-corrected chi connectivity index (χ2v) is 3.48. The highest BCUT2D eigenvalue weighted by molar-refractivity contribution is 6.33. The molecule has 4 nitrogen and oxygen atoms in total. The summed E-state index contributed by atoms with van der Waals surface area (Å²) in [4.78, 5) is 10.5. The number of carboxylic acid groups (broad SMARTS) is 1. The van der Waals surface area contributed by atoms with Gasteiger partial charge in [0, 0.05) is 12.1 Å². The zero-order valence-corrected chi connectivity index (χ0v) is 9.08. The van der Waals surface area contributed by atoms with Crippen LogP contribution < -0.4 is 5.32 Å². The Balaban J connectivity index is 2.73. The van der Waals surface area contributed by atoms with Crippen LogP contribution in [0.5, 0.6) is 0 Å². The van der Waals surface area contributed by atoms with Gasteiger partial charge in [-0.25, -0.2) is 4.79 Å².